The number of ketones is 4. The van der Waals surface area contributed by atoms with E-state index in [9.17, 15) is 19.2 Å². The summed E-state index contributed by atoms with van der Waals surface area (Å²) in [6.07, 6.45) is -7.20. The van der Waals surface area contributed by atoms with Gasteiger partial charge in [0, 0.05) is 44.5 Å². The predicted molar refractivity (Wildman–Crippen MR) is 331 cm³/mol. The van der Waals surface area contributed by atoms with E-state index in [1.54, 1.807) is 24.3 Å². The lowest BCUT2D eigenvalue weighted by atomic mass is 9.12. The maximum atomic E-state index is 18.3. The van der Waals surface area contributed by atoms with Crippen LogP contribution in [0, 0.1) is 93.1 Å². The molecule has 0 fully saturated rings. The molecule has 0 N–H and O–H groups in total. The number of hydrogen-bond donors (Lipinski definition) is 0. The van der Waals surface area contributed by atoms with Crippen LogP contribution < -0.4 is 21.9 Å². The molecule has 0 radical (unpaired) electrons. The molecular weight excluding hydrogens is 1290 g/mol. The third-order valence-electron chi connectivity index (χ3n) is 16.8. The molecular formula is C76H36BF16O4-. The first-order valence-corrected chi connectivity index (χ1v) is 28.9. The molecule has 0 amide bonds. The first kappa shape index (κ1) is 65.3. The van der Waals surface area contributed by atoms with Crippen molar-refractivity contribution in [1.29, 1.82) is 0 Å². The van der Waals surface area contributed by atoms with Crippen LogP contribution in [-0.4, -0.2) is 29.3 Å². The molecule has 0 atom stereocenters. The third kappa shape index (κ3) is 10.9. The van der Waals surface area contributed by atoms with Crippen LogP contribution in [0.1, 0.15) is 63.7 Å². The van der Waals surface area contributed by atoms with E-state index in [4.69, 9.17) is 0 Å². The summed E-state index contributed by atoms with van der Waals surface area (Å²) in [4.78, 5) is 53.3. The molecule has 0 bridgehead atoms. The highest BCUT2D eigenvalue weighted by Gasteiger charge is 2.52. The fourth-order valence-corrected chi connectivity index (χ4v) is 12.2. The second-order valence-electron chi connectivity index (χ2n) is 22.1. The van der Waals surface area contributed by atoms with Gasteiger partial charge in [0.1, 0.15) is 52.7 Å². The van der Waals surface area contributed by atoms with Gasteiger partial charge in [0.25, 0.3) is 0 Å². The minimum absolute atomic E-state index is 0.0448. The number of rotatable bonds is 16. The van der Waals surface area contributed by atoms with E-state index < -0.39 is 189 Å². The van der Waals surface area contributed by atoms with Gasteiger partial charge in [0.05, 0.1) is 22.3 Å². The molecule has 0 aliphatic rings. The summed E-state index contributed by atoms with van der Waals surface area (Å²) in [5, 5.41) is 0. The maximum Gasteiger partial charge on any atom is 0.193 e. The minimum atomic E-state index is -7.20. The zero-order valence-electron chi connectivity index (χ0n) is 49.0. The van der Waals surface area contributed by atoms with Crippen molar-refractivity contribution in [3.8, 4) is 44.5 Å². The van der Waals surface area contributed by atoms with Gasteiger partial charge in [-0.3, -0.25) is 19.2 Å². The molecule has 4 nitrogen and oxygen atoms in total. The van der Waals surface area contributed by atoms with Crippen molar-refractivity contribution < 1.29 is 89.4 Å². The summed E-state index contributed by atoms with van der Waals surface area (Å²) < 4.78 is 287. The Hall–Kier alpha value is -11.7. The molecule has 12 aromatic carbocycles. The summed E-state index contributed by atoms with van der Waals surface area (Å²) in [7, 11) is 0. The van der Waals surface area contributed by atoms with Gasteiger partial charge in [0.15, 0.2) is 69.7 Å². The fraction of sp³-hybridized carbons (Fsp3) is 0. The second kappa shape index (κ2) is 25.9. The summed E-state index contributed by atoms with van der Waals surface area (Å²) in [6.45, 7) is 0. The Morgan fingerprint density at radius 2 is 0.309 bits per heavy atom. The van der Waals surface area contributed by atoms with E-state index in [0.717, 1.165) is 48.5 Å². The Morgan fingerprint density at radius 1 is 0.175 bits per heavy atom. The molecule has 0 aliphatic heterocycles. The standard InChI is InChI=1S/C76H36BF16O4/c78-57-49(37-21-29-45(30-22-37)73(94)41-13-5-1-6-14-41)58(79)66(87)53(65(57)86)77(54-67(88)59(80)50(60(81)68(54)89)38-23-31-46(32-24-38)74(95)42-15-7-2-8-16-42,55-69(90)61(82)51(62(83)70(55)91)39-25-33-47(34-26-39)75(96)43-17-9-3-10-18-43)56-71(92)63(84)52(64(85)72(56)93)40-27-35-48(36-28-40)76(97)44-19-11-4-12-20-44/h1-36H/q-1. The number of carbonyl (C=O) groups excluding carboxylic acids is 4. The van der Waals surface area contributed by atoms with E-state index in [1.165, 1.54) is 97.1 Å². The van der Waals surface area contributed by atoms with E-state index in [1.807, 2.05) is 0 Å². The normalized spacial score (nSPS) is 11.5. The van der Waals surface area contributed by atoms with Crippen molar-refractivity contribution in [2.24, 2.45) is 0 Å². The molecule has 0 saturated heterocycles. The highest BCUT2D eigenvalue weighted by atomic mass is 19.2. The van der Waals surface area contributed by atoms with Crippen LogP contribution in [0.25, 0.3) is 44.5 Å². The van der Waals surface area contributed by atoms with Gasteiger partial charge in [-0.05, 0) is 22.3 Å². The topological polar surface area (TPSA) is 68.3 Å². The van der Waals surface area contributed by atoms with Crippen molar-refractivity contribution >= 4 is 51.1 Å². The third-order valence-corrected chi connectivity index (χ3v) is 16.8. The van der Waals surface area contributed by atoms with E-state index in [0.29, 0.717) is 48.5 Å². The summed E-state index contributed by atoms with van der Waals surface area (Å²) in [5.74, 6) is -52.7. The SMILES string of the molecule is O=C(c1ccccc1)c1ccc(-c2c(F)c(F)c([B-](c3c(F)c(F)c(-c4ccc(C(=O)c5ccccc5)cc4)c(F)c3F)(c3c(F)c(F)c(-c4ccc(C(=O)c5ccccc5)cc4)c(F)c3F)c3c(F)c(F)c(-c4ccc(C(=O)c5ccccc5)cc4)c(F)c3F)c(F)c2F)cc1. The van der Waals surface area contributed by atoms with Crippen LogP contribution in [0.4, 0.5) is 70.2 Å². The number of halogens is 16. The van der Waals surface area contributed by atoms with E-state index in [2.05, 4.69) is 0 Å². The highest BCUT2D eigenvalue weighted by molar-refractivity contribution is 7.20. The van der Waals surface area contributed by atoms with Crippen molar-refractivity contribution in [1.82, 2.24) is 0 Å². The average molecular weight is 1330 g/mol. The lowest BCUT2D eigenvalue weighted by Crippen LogP contribution is -2.81. The van der Waals surface area contributed by atoms with Gasteiger partial charge < -0.3 is 0 Å². The van der Waals surface area contributed by atoms with E-state index >= 15 is 70.2 Å². The number of benzene rings is 12. The van der Waals surface area contributed by atoms with Crippen LogP contribution in [0.15, 0.2) is 218 Å². The van der Waals surface area contributed by atoms with Gasteiger partial charge in [-0.25, -0.2) is 70.2 Å². The molecule has 0 unspecified atom stereocenters. The molecule has 480 valence electrons. The molecule has 0 spiro atoms. The zero-order valence-corrected chi connectivity index (χ0v) is 49.0. The molecule has 0 aromatic heterocycles. The number of hydrogen-bond acceptors (Lipinski definition) is 4. The smallest absolute Gasteiger partial charge is 0.193 e. The maximum absolute atomic E-state index is 18.3. The van der Waals surface area contributed by atoms with Gasteiger partial charge in [-0.2, -0.15) is 0 Å². The molecule has 12 aromatic rings. The number of carbonyl (C=O) groups is 4. The summed E-state index contributed by atoms with van der Waals surface area (Å²) in [6, 6.07) is 40.7. The Bertz CT molecular complexity index is 4430. The predicted octanol–water partition coefficient (Wildman–Crippen LogP) is 16.9. The van der Waals surface area contributed by atoms with Crippen LogP contribution in [0.3, 0.4) is 0 Å². The van der Waals surface area contributed by atoms with Crippen molar-refractivity contribution in [3.05, 3.63) is 356 Å². The van der Waals surface area contributed by atoms with E-state index in [-0.39, 0.29) is 44.5 Å². The van der Waals surface area contributed by atoms with Crippen LogP contribution in [0.2, 0.25) is 0 Å². The fourth-order valence-electron chi connectivity index (χ4n) is 12.2. The van der Waals surface area contributed by atoms with Gasteiger partial charge in [-0.15, -0.1) is 21.9 Å². The Kier molecular flexibility index (Phi) is 17.4. The van der Waals surface area contributed by atoms with Crippen molar-refractivity contribution in [3.63, 3.8) is 0 Å². The average Bonchev–Trinajstić information content (AvgIpc) is 0.678. The first-order valence-electron chi connectivity index (χ1n) is 28.9. The molecule has 0 heterocycles. The summed E-state index contributed by atoms with van der Waals surface area (Å²) in [5.41, 5.74) is -25.4. The first-order chi connectivity index (χ1) is 46.5. The largest absolute Gasteiger partial charge is 0.289 e. The molecule has 0 saturated carbocycles. The molecule has 0 aliphatic carbocycles. The lowest BCUT2D eigenvalue weighted by Gasteiger charge is -2.45. The van der Waals surface area contributed by atoms with Crippen LogP contribution >= 0.6 is 0 Å². The summed E-state index contributed by atoms with van der Waals surface area (Å²) >= 11 is 0. The minimum Gasteiger partial charge on any atom is -0.289 e. The van der Waals surface area contributed by atoms with Crippen LogP contribution in [-0.2, 0) is 0 Å². The lowest BCUT2D eigenvalue weighted by molar-refractivity contribution is 0.103. The molecule has 12 rings (SSSR count). The van der Waals surface area contributed by atoms with Gasteiger partial charge in [-0.1, -0.05) is 218 Å². The van der Waals surface area contributed by atoms with Crippen molar-refractivity contribution in [2.45, 2.75) is 0 Å². The Labute approximate surface area is 538 Å². The monoisotopic (exact) mass is 1330 g/mol. The quantitative estimate of drug-likeness (QED) is 0.0418. The van der Waals surface area contributed by atoms with Gasteiger partial charge in [0.2, 0.25) is 0 Å². The van der Waals surface area contributed by atoms with Crippen LogP contribution in [0.5, 0.6) is 0 Å². The van der Waals surface area contributed by atoms with Gasteiger partial charge >= 0.3 is 0 Å². The Morgan fingerprint density at radius 3 is 0.454 bits per heavy atom. The highest BCUT2D eigenvalue weighted by Crippen LogP contribution is 2.40. The molecule has 21 heteroatoms. The second-order valence-corrected chi connectivity index (χ2v) is 22.1. The zero-order chi connectivity index (χ0) is 69.0. The Balaban J connectivity index is 1.18. The van der Waals surface area contributed by atoms with Crippen molar-refractivity contribution in [2.75, 3.05) is 0 Å². The molecule has 97 heavy (non-hydrogen) atoms.